The summed E-state index contributed by atoms with van der Waals surface area (Å²) in [6, 6.07) is 0. The van der Waals surface area contributed by atoms with Crippen molar-refractivity contribution < 1.29 is 28.7 Å². The molecule has 0 aliphatic heterocycles. The standard InChI is InChI=1S/C54H102O6/c1-3-5-7-9-11-13-15-17-19-21-23-25-27-29-31-33-35-39-43-47-51(55)59-53(57)49-45-41-37-38-42-46-50-54(58)60-52(56)48-44-40-36-34-32-30-28-26-24-22-20-18-16-14-12-10-8-6-4-2/h3-50H2,1-2H3. The van der Waals surface area contributed by atoms with Crippen LogP contribution >= 0.6 is 0 Å². The molecule has 0 bridgehead atoms. The molecule has 0 saturated heterocycles. The van der Waals surface area contributed by atoms with Gasteiger partial charge in [0.2, 0.25) is 0 Å². The van der Waals surface area contributed by atoms with E-state index in [4.69, 9.17) is 9.47 Å². The normalized spacial score (nSPS) is 11.3. The molecule has 0 aromatic heterocycles. The zero-order valence-corrected chi connectivity index (χ0v) is 40.4. The van der Waals surface area contributed by atoms with Crippen LogP contribution in [-0.2, 0) is 28.7 Å². The maximum Gasteiger partial charge on any atom is 0.313 e. The molecule has 0 aliphatic rings. The third kappa shape index (κ3) is 48.9. The summed E-state index contributed by atoms with van der Waals surface area (Å²) in [6.07, 6.45) is 56.5. The molecule has 0 aromatic rings. The van der Waals surface area contributed by atoms with Crippen molar-refractivity contribution in [2.24, 2.45) is 0 Å². The van der Waals surface area contributed by atoms with E-state index in [0.29, 0.717) is 25.7 Å². The van der Waals surface area contributed by atoms with Gasteiger partial charge in [0.15, 0.2) is 0 Å². The highest BCUT2D eigenvalue weighted by Crippen LogP contribution is 2.17. The average molecular weight is 847 g/mol. The Morgan fingerprint density at radius 1 is 0.200 bits per heavy atom. The van der Waals surface area contributed by atoms with E-state index in [-0.39, 0.29) is 24.8 Å². The average Bonchev–Trinajstić information content (AvgIpc) is 3.23. The van der Waals surface area contributed by atoms with E-state index < -0.39 is 11.9 Å². The highest BCUT2D eigenvalue weighted by molar-refractivity contribution is 5.85. The fourth-order valence-electron chi connectivity index (χ4n) is 8.40. The van der Waals surface area contributed by atoms with Crippen molar-refractivity contribution >= 4 is 23.9 Å². The van der Waals surface area contributed by atoms with E-state index in [2.05, 4.69) is 13.8 Å². The van der Waals surface area contributed by atoms with Gasteiger partial charge in [-0.15, -0.1) is 0 Å². The summed E-state index contributed by atoms with van der Waals surface area (Å²) in [6.45, 7) is 4.56. The third-order valence-corrected chi connectivity index (χ3v) is 12.4. The largest absolute Gasteiger partial charge is 0.393 e. The first-order valence-electron chi connectivity index (χ1n) is 27.0. The predicted octanol–water partition coefficient (Wildman–Crippen LogP) is 17.9. The lowest BCUT2D eigenvalue weighted by Crippen LogP contribution is -2.12. The Labute approximate surface area is 373 Å². The minimum Gasteiger partial charge on any atom is -0.393 e. The Morgan fingerprint density at radius 3 is 0.450 bits per heavy atom. The van der Waals surface area contributed by atoms with Crippen LogP contribution in [0.2, 0.25) is 0 Å². The van der Waals surface area contributed by atoms with Gasteiger partial charge >= 0.3 is 23.9 Å². The molecule has 6 nitrogen and oxygen atoms in total. The Morgan fingerprint density at radius 2 is 0.317 bits per heavy atom. The van der Waals surface area contributed by atoms with Crippen LogP contribution in [0.15, 0.2) is 0 Å². The minimum absolute atomic E-state index is 0.277. The monoisotopic (exact) mass is 847 g/mol. The van der Waals surface area contributed by atoms with Gasteiger partial charge in [0.1, 0.15) is 0 Å². The first-order valence-corrected chi connectivity index (χ1v) is 27.0. The molecule has 0 aliphatic carbocycles. The van der Waals surface area contributed by atoms with Gasteiger partial charge in [-0.3, -0.25) is 19.2 Å². The molecule has 354 valence electrons. The molecule has 0 amide bonds. The molecule has 0 fully saturated rings. The number of esters is 4. The summed E-state index contributed by atoms with van der Waals surface area (Å²) < 4.78 is 10.0. The smallest absolute Gasteiger partial charge is 0.313 e. The van der Waals surface area contributed by atoms with Crippen LogP contribution in [0.3, 0.4) is 0 Å². The van der Waals surface area contributed by atoms with E-state index >= 15 is 0 Å². The van der Waals surface area contributed by atoms with Gasteiger partial charge in [-0.25, -0.2) is 0 Å². The summed E-state index contributed by atoms with van der Waals surface area (Å²) in [5.41, 5.74) is 0. The number of rotatable bonds is 49. The summed E-state index contributed by atoms with van der Waals surface area (Å²) in [5.74, 6) is -1.60. The third-order valence-electron chi connectivity index (χ3n) is 12.4. The Kier molecular flexibility index (Phi) is 48.5. The summed E-state index contributed by atoms with van der Waals surface area (Å²) in [4.78, 5) is 48.2. The van der Waals surface area contributed by atoms with Gasteiger partial charge < -0.3 is 9.47 Å². The molecule has 0 aromatic carbocycles. The quantitative estimate of drug-likeness (QED) is 0.0344. The van der Waals surface area contributed by atoms with Crippen molar-refractivity contribution in [3.63, 3.8) is 0 Å². The highest BCUT2D eigenvalue weighted by atomic mass is 16.6. The van der Waals surface area contributed by atoms with Crippen LogP contribution < -0.4 is 0 Å². The lowest BCUT2D eigenvalue weighted by molar-refractivity contribution is -0.161. The highest BCUT2D eigenvalue weighted by Gasteiger charge is 2.11. The molecular weight excluding hydrogens is 745 g/mol. The van der Waals surface area contributed by atoms with E-state index in [0.717, 1.165) is 64.2 Å². The predicted molar refractivity (Wildman–Crippen MR) is 255 cm³/mol. The molecule has 0 atom stereocenters. The fourth-order valence-corrected chi connectivity index (χ4v) is 8.40. The van der Waals surface area contributed by atoms with Gasteiger partial charge in [-0.05, 0) is 25.7 Å². The molecular formula is C54H102O6. The van der Waals surface area contributed by atoms with Crippen LogP contribution in [0.4, 0.5) is 0 Å². The second kappa shape index (κ2) is 49.9. The number of carbonyl (C=O) groups excluding carboxylic acids is 4. The number of ether oxygens (including phenoxy) is 2. The molecule has 6 heteroatoms. The second-order valence-electron chi connectivity index (χ2n) is 18.5. The van der Waals surface area contributed by atoms with Crippen LogP contribution in [-0.4, -0.2) is 23.9 Å². The summed E-state index contributed by atoms with van der Waals surface area (Å²) >= 11 is 0. The molecule has 60 heavy (non-hydrogen) atoms. The van der Waals surface area contributed by atoms with Gasteiger partial charge in [-0.2, -0.15) is 0 Å². The first-order chi connectivity index (χ1) is 29.5. The van der Waals surface area contributed by atoms with Crippen LogP contribution in [0.5, 0.6) is 0 Å². The second-order valence-corrected chi connectivity index (χ2v) is 18.5. The van der Waals surface area contributed by atoms with Crippen molar-refractivity contribution in [3.05, 3.63) is 0 Å². The topological polar surface area (TPSA) is 86.7 Å². The Bertz CT molecular complexity index is 857. The van der Waals surface area contributed by atoms with E-state index in [1.54, 1.807) is 0 Å². The van der Waals surface area contributed by atoms with Crippen molar-refractivity contribution in [1.82, 2.24) is 0 Å². The molecule has 0 saturated carbocycles. The van der Waals surface area contributed by atoms with Crippen LogP contribution in [0.25, 0.3) is 0 Å². The Hall–Kier alpha value is -1.72. The molecule has 0 radical (unpaired) electrons. The maximum atomic E-state index is 12.1. The summed E-state index contributed by atoms with van der Waals surface area (Å²) in [7, 11) is 0. The van der Waals surface area contributed by atoms with E-state index in [1.165, 1.54) is 205 Å². The van der Waals surface area contributed by atoms with Gasteiger partial charge in [-0.1, -0.05) is 271 Å². The molecule has 0 unspecified atom stereocenters. The number of carbonyl (C=O) groups is 4. The van der Waals surface area contributed by atoms with Crippen LogP contribution in [0.1, 0.15) is 322 Å². The fraction of sp³-hybridized carbons (Fsp3) is 0.926. The SMILES string of the molecule is CCCCCCCCCCCCCCCCCCCCCC(=O)OC(=O)CCCCCCCCC(=O)OC(=O)CCCCCCCCCCCCCCCCCCCCC. The number of hydrogen-bond acceptors (Lipinski definition) is 6. The van der Waals surface area contributed by atoms with Gasteiger partial charge in [0.25, 0.3) is 0 Å². The number of unbranched alkanes of at least 4 members (excludes halogenated alkanes) is 41. The van der Waals surface area contributed by atoms with Crippen molar-refractivity contribution in [2.45, 2.75) is 322 Å². The zero-order valence-electron chi connectivity index (χ0n) is 40.4. The van der Waals surface area contributed by atoms with Gasteiger partial charge in [0, 0.05) is 25.7 Å². The Balaban J connectivity index is 3.39. The van der Waals surface area contributed by atoms with Crippen molar-refractivity contribution in [2.75, 3.05) is 0 Å². The lowest BCUT2D eigenvalue weighted by Gasteiger charge is -2.05. The van der Waals surface area contributed by atoms with Crippen molar-refractivity contribution in [3.8, 4) is 0 Å². The van der Waals surface area contributed by atoms with Gasteiger partial charge in [0.05, 0.1) is 0 Å². The molecule has 0 spiro atoms. The van der Waals surface area contributed by atoms with E-state index in [1.807, 2.05) is 0 Å². The first kappa shape index (κ1) is 58.3. The molecule has 0 heterocycles. The maximum absolute atomic E-state index is 12.1. The van der Waals surface area contributed by atoms with Crippen LogP contribution in [0, 0.1) is 0 Å². The van der Waals surface area contributed by atoms with Crippen molar-refractivity contribution in [1.29, 1.82) is 0 Å². The minimum atomic E-state index is -0.412. The molecule has 0 rings (SSSR count). The number of hydrogen-bond donors (Lipinski definition) is 0. The molecule has 0 N–H and O–H groups in total. The lowest BCUT2D eigenvalue weighted by atomic mass is 10.0. The van der Waals surface area contributed by atoms with E-state index in [9.17, 15) is 19.2 Å². The summed E-state index contributed by atoms with van der Waals surface area (Å²) in [5, 5.41) is 0. The zero-order chi connectivity index (χ0) is 43.7.